The number of hydrogen-bond acceptors (Lipinski definition) is 9. The molecule has 10 heteroatoms. The van der Waals surface area contributed by atoms with Crippen molar-refractivity contribution in [1.82, 2.24) is 15.0 Å². The Bertz CT molecular complexity index is 1080. The first kappa shape index (κ1) is 24.2. The maximum atomic E-state index is 13.6. The lowest BCUT2D eigenvalue weighted by Gasteiger charge is -2.19. The zero-order valence-electron chi connectivity index (χ0n) is 18.8. The Morgan fingerprint density at radius 2 is 1.79 bits per heavy atom. The number of aromatic nitrogens is 3. The van der Waals surface area contributed by atoms with Gasteiger partial charge >= 0.3 is 5.97 Å². The summed E-state index contributed by atoms with van der Waals surface area (Å²) in [5.74, 6) is 0.594. The van der Waals surface area contributed by atoms with Crippen LogP contribution in [0.1, 0.15) is 20.3 Å². The molecule has 0 saturated heterocycles. The molecule has 1 atom stereocenters. The van der Waals surface area contributed by atoms with Gasteiger partial charge in [0.1, 0.15) is 17.6 Å². The Balaban J connectivity index is 1.92. The molecule has 0 radical (unpaired) electrons. The van der Waals surface area contributed by atoms with Gasteiger partial charge in [-0.1, -0.05) is 19.9 Å². The van der Waals surface area contributed by atoms with Crippen LogP contribution in [0.15, 0.2) is 58.6 Å². The van der Waals surface area contributed by atoms with E-state index in [0.29, 0.717) is 17.3 Å². The average molecular weight is 472 g/mol. The Morgan fingerprint density at radius 1 is 1.06 bits per heavy atom. The highest BCUT2D eigenvalue weighted by atomic mass is 32.2. The molecule has 2 aromatic carbocycles. The third-order valence-electron chi connectivity index (χ3n) is 4.46. The fraction of sp³-hybridized carbons (Fsp3) is 0.304. The number of anilines is 3. The van der Waals surface area contributed by atoms with Crippen LogP contribution in [0.5, 0.6) is 5.75 Å². The van der Waals surface area contributed by atoms with E-state index in [2.05, 4.69) is 25.6 Å². The van der Waals surface area contributed by atoms with Gasteiger partial charge in [-0.25, -0.2) is 9.18 Å². The predicted molar refractivity (Wildman–Crippen MR) is 126 cm³/mol. The van der Waals surface area contributed by atoms with Gasteiger partial charge in [-0.2, -0.15) is 15.0 Å². The van der Waals surface area contributed by atoms with Crippen LogP contribution in [0, 0.1) is 11.7 Å². The van der Waals surface area contributed by atoms with E-state index in [1.54, 1.807) is 19.2 Å². The molecule has 0 bridgehead atoms. The van der Waals surface area contributed by atoms with Crippen molar-refractivity contribution in [3.8, 4) is 5.75 Å². The standard InChI is InChI=1S/C23H26FN5O3S/c1-14(2)12-19(20(30)32-4)26-22-27-21(25-16-7-5-6-15(24)13-16)28-23(29-22)33-18-10-8-17(31-3)9-11-18/h5-11,13-14,19H,12H2,1-4H3,(H2,25,26,27,28,29)/t19-/m0/s1. The number of nitrogens with one attached hydrogen (secondary N) is 2. The van der Waals surface area contributed by atoms with Crippen molar-refractivity contribution in [2.24, 2.45) is 5.92 Å². The maximum absolute atomic E-state index is 13.6. The van der Waals surface area contributed by atoms with Crippen LogP contribution < -0.4 is 15.4 Å². The molecule has 3 rings (SSSR count). The minimum Gasteiger partial charge on any atom is -0.497 e. The highest BCUT2D eigenvalue weighted by molar-refractivity contribution is 7.99. The maximum Gasteiger partial charge on any atom is 0.328 e. The Kier molecular flexibility index (Phi) is 8.42. The molecular formula is C23H26FN5O3S. The molecule has 0 saturated carbocycles. The van der Waals surface area contributed by atoms with E-state index in [0.717, 1.165) is 10.6 Å². The van der Waals surface area contributed by atoms with Crippen molar-refractivity contribution in [3.63, 3.8) is 0 Å². The fourth-order valence-corrected chi connectivity index (χ4v) is 3.70. The molecule has 174 valence electrons. The first-order chi connectivity index (χ1) is 15.9. The zero-order valence-corrected chi connectivity index (χ0v) is 19.6. The number of ether oxygens (including phenoxy) is 2. The van der Waals surface area contributed by atoms with Gasteiger partial charge in [-0.05, 0) is 66.6 Å². The molecule has 1 aromatic heterocycles. The second kappa shape index (κ2) is 11.5. The minimum absolute atomic E-state index is 0.205. The van der Waals surface area contributed by atoms with Crippen LogP contribution in [0.3, 0.4) is 0 Å². The lowest BCUT2D eigenvalue weighted by molar-refractivity contribution is -0.141. The summed E-state index contributed by atoms with van der Waals surface area (Å²) < 4.78 is 23.8. The van der Waals surface area contributed by atoms with E-state index in [1.807, 2.05) is 38.1 Å². The largest absolute Gasteiger partial charge is 0.497 e. The summed E-state index contributed by atoms with van der Waals surface area (Å²) in [4.78, 5) is 26.5. The van der Waals surface area contributed by atoms with Crippen molar-refractivity contribution >= 4 is 35.3 Å². The molecule has 0 spiro atoms. The number of hydrogen-bond donors (Lipinski definition) is 2. The molecule has 0 amide bonds. The normalized spacial score (nSPS) is 11.7. The molecule has 0 aliphatic rings. The van der Waals surface area contributed by atoms with E-state index < -0.39 is 12.0 Å². The monoisotopic (exact) mass is 471 g/mol. The summed E-state index contributed by atoms with van der Waals surface area (Å²) in [6.07, 6.45) is 0.534. The smallest absolute Gasteiger partial charge is 0.328 e. The summed E-state index contributed by atoms with van der Waals surface area (Å²) in [6.45, 7) is 4.01. The van der Waals surface area contributed by atoms with Gasteiger partial charge < -0.3 is 20.1 Å². The number of carbonyl (C=O) groups is 1. The molecule has 0 fully saturated rings. The third kappa shape index (κ3) is 7.31. The molecule has 0 aliphatic carbocycles. The van der Waals surface area contributed by atoms with Gasteiger partial charge in [-0.15, -0.1) is 0 Å². The van der Waals surface area contributed by atoms with E-state index >= 15 is 0 Å². The van der Waals surface area contributed by atoms with Crippen molar-refractivity contribution in [3.05, 3.63) is 54.3 Å². The molecule has 0 unspecified atom stereocenters. The van der Waals surface area contributed by atoms with Crippen molar-refractivity contribution < 1.29 is 18.7 Å². The van der Waals surface area contributed by atoms with Crippen LogP contribution in [0.4, 0.5) is 22.0 Å². The number of esters is 1. The van der Waals surface area contributed by atoms with E-state index in [-0.39, 0.29) is 23.6 Å². The van der Waals surface area contributed by atoms with Gasteiger partial charge in [0.25, 0.3) is 0 Å². The third-order valence-corrected chi connectivity index (χ3v) is 5.33. The predicted octanol–water partition coefficient (Wildman–Crippen LogP) is 4.91. The second-order valence-electron chi connectivity index (χ2n) is 7.53. The quantitative estimate of drug-likeness (QED) is 0.400. The topological polar surface area (TPSA) is 98.3 Å². The SMILES string of the molecule is COC(=O)[C@H](CC(C)C)Nc1nc(Nc2cccc(F)c2)nc(Sc2ccc(OC)cc2)n1. The van der Waals surface area contributed by atoms with Crippen molar-refractivity contribution in [1.29, 1.82) is 0 Å². The molecule has 0 aliphatic heterocycles. The van der Waals surface area contributed by atoms with E-state index in [4.69, 9.17) is 9.47 Å². The number of benzene rings is 2. The Labute approximate surface area is 196 Å². The Hall–Kier alpha value is -3.40. The van der Waals surface area contributed by atoms with E-state index in [1.165, 1.54) is 31.0 Å². The number of methoxy groups -OCH3 is 2. The number of halogens is 1. The minimum atomic E-state index is -0.627. The summed E-state index contributed by atoms with van der Waals surface area (Å²) in [6, 6.07) is 12.8. The van der Waals surface area contributed by atoms with Gasteiger partial charge in [-0.3, -0.25) is 0 Å². The fourth-order valence-electron chi connectivity index (χ4n) is 2.95. The molecule has 3 aromatic rings. The van der Waals surface area contributed by atoms with E-state index in [9.17, 15) is 9.18 Å². The number of carbonyl (C=O) groups excluding carboxylic acids is 1. The summed E-state index contributed by atoms with van der Waals surface area (Å²) in [5.41, 5.74) is 0.485. The molecule has 2 N–H and O–H groups in total. The lowest BCUT2D eigenvalue weighted by atomic mass is 10.0. The summed E-state index contributed by atoms with van der Waals surface area (Å²) >= 11 is 1.32. The number of nitrogens with zero attached hydrogens (tertiary/aromatic N) is 3. The highest BCUT2D eigenvalue weighted by Crippen LogP contribution is 2.28. The molecular weight excluding hydrogens is 445 g/mol. The van der Waals surface area contributed by atoms with Crippen LogP contribution in [0.2, 0.25) is 0 Å². The number of rotatable bonds is 10. The van der Waals surface area contributed by atoms with Crippen molar-refractivity contribution in [2.75, 3.05) is 24.9 Å². The van der Waals surface area contributed by atoms with Gasteiger partial charge in [0, 0.05) is 10.6 Å². The Morgan fingerprint density at radius 3 is 2.42 bits per heavy atom. The van der Waals surface area contributed by atoms with Crippen LogP contribution in [0.25, 0.3) is 0 Å². The van der Waals surface area contributed by atoms with Gasteiger partial charge in [0.2, 0.25) is 11.9 Å². The first-order valence-corrected chi connectivity index (χ1v) is 11.1. The van der Waals surface area contributed by atoms with Gasteiger partial charge in [0.05, 0.1) is 14.2 Å². The van der Waals surface area contributed by atoms with Crippen LogP contribution in [-0.4, -0.2) is 41.2 Å². The summed E-state index contributed by atoms with van der Waals surface area (Å²) in [5, 5.41) is 6.45. The summed E-state index contributed by atoms with van der Waals surface area (Å²) in [7, 11) is 2.94. The lowest BCUT2D eigenvalue weighted by Crippen LogP contribution is -2.33. The first-order valence-electron chi connectivity index (χ1n) is 10.3. The van der Waals surface area contributed by atoms with Gasteiger partial charge in [0.15, 0.2) is 5.16 Å². The molecule has 1 heterocycles. The van der Waals surface area contributed by atoms with Crippen molar-refractivity contribution in [2.45, 2.75) is 36.4 Å². The second-order valence-corrected chi connectivity index (χ2v) is 8.57. The molecule has 8 nitrogen and oxygen atoms in total. The highest BCUT2D eigenvalue weighted by Gasteiger charge is 2.22. The van der Waals surface area contributed by atoms with Crippen LogP contribution in [-0.2, 0) is 9.53 Å². The van der Waals surface area contributed by atoms with Crippen LogP contribution >= 0.6 is 11.8 Å². The zero-order chi connectivity index (χ0) is 23.8. The molecule has 33 heavy (non-hydrogen) atoms. The average Bonchev–Trinajstić information content (AvgIpc) is 2.78.